The highest BCUT2D eigenvalue weighted by Gasteiger charge is 2.43. The number of hydrogen-bond acceptors (Lipinski definition) is 10. The zero-order valence-corrected chi connectivity index (χ0v) is 24.1. The topological polar surface area (TPSA) is 101 Å². The van der Waals surface area contributed by atoms with Gasteiger partial charge in [0.05, 0.1) is 45.2 Å². The van der Waals surface area contributed by atoms with E-state index in [-0.39, 0.29) is 17.9 Å². The van der Waals surface area contributed by atoms with Crippen LogP contribution >= 0.6 is 0 Å². The summed E-state index contributed by atoms with van der Waals surface area (Å²) in [5.41, 5.74) is 3.05. The van der Waals surface area contributed by atoms with Gasteiger partial charge in [0, 0.05) is 38.8 Å². The molecule has 3 saturated heterocycles. The highest BCUT2D eigenvalue weighted by molar-refractivity contribution is 5.74. The molecule has 6 rings (SSSR count). The Balaban J connectivity index is 1.17. The number of piperidine rings is 1. The van der Waals surface area contributed by atoms with Crippen molar-refractivity contribution in [2.24, 2.45) is 0 Å². The van der Waals surface area contributed by atoms with Gasteiger partial charge < -0.3 is 29.7 Å². The number of aryl methyl sites for hydroxylation is 1. The number of anilines is 3. The third-order valence-corrected chi connectivity index (χ3v) is 8.11. The molecular weight excluding hydrogens is 558 g/mol. The normalized spacial score (nSPS) is 20.6. The smallest absolute Gasteiger partial charge is 0.296 e. The van der Waals surface area contributed by atoms with Crippen molar-refractivity contribution in [2.75, 3.05) is 69.8 Å². The van der Waals surface area contributed by atoms with E-state index in [1.165, 1.54) is 0 Å². The van der Waals surface area contributed by atoms with E-state index in [1.807, 2.05) is 19.1 Å². The molecule has 43 heavy (non-hydrogen) atoms. The average molecular weight is 593 g/mol. The summed E-state index contributed by atoms with van der Waals surface area (Å²) in [4.78, 5) is 22.0. The summed E-state index contributed by atoms with van der Waals surface area (Å²) in [5, 5.41) is 5.84. The number of nitrogens with one attached hydrogen (secondary N) is 2. The Bertz CT molecular complexity index is 1510. The number of alkyl halides is 2. The Kier molecular flexibility index (Phi) is 8.25. The van der Waals surface area contributed by atoms with Crippen molar-refractivity contribution in [1.82, 2.24) is 25.2 Å². The number of hydrogen-bond donors (Lipinski definition) is 2. The standard InChI is InChI=1S/C30H34F2N8O3/c1-19-14-25(43-26-7-8-34-18-30(26,31)32)23(33-2)15-21(19)22-6-9-35-29(36-22)38-27-5-4-24(28(37-27)41-3)40-12-10-39(11-13-40)20-16-42-17-20/h4-6,9,14-15,20,26,34H,7-8,10-13,16-18H2,1,3H3,(H,35,36,37,38). The lowest BCUT2D eigenvalue weighted by Gasteiger charge is -2.43. The van der Waals surface area contributed by atoms with Crippen molar-refractivity contribution < 1.29 is 23.0 Å². The van der Waals surface area contributed by atoms with Gasteiger partial charge in [-0.1, -0.05) is 0 Å². The van der Waals surface area contributed by atoms with Gasteiger partial charge in [0.1, 0.15) is 17.3 Å². The van der Waals surface area contributed by atoms with Crippen molar-refractivity contribution in [1.29, 1.82) is 0 Å². The second-order valence-corrected chi connectivity index (χ2v) is 10.9. The zero-order valence-electron chi connectivity index (χ0n) is 24.1. The summed E-state index contributed by atoms with van der Waals surface area (Å²) in [5.74, 6) is -1.53. The number of aromatic nitrogens is 3. The van der Waals surface area contributed by atoms with E-state index in [9.17, 15) is 8.78 Å². The van der Waals surface area contributed by atoms with Crippen LogP contribution in [0.5, 0.6) is 11.6 Å². The second kappa shape index (κ2) is 12.2. The number of nitrogens with zero attached hydrogens (tertiary/aromatic N) is 6. The van der Waals surface area contributed by atoms with Crippen molar-refractivity contribution >= 4 is 23.1 Å². The molecule has 3 fully saturated rings. The van der Waals surface area contributed by atoms with Crippen molar-refractivity contribution in [3.8, 4) is 22.9 Å². The van der Waals surface area contributed by atoms with Gasteiger partial charge >= 0.3 is 0 Å². The van der Waals surface area contributed by atoms with E-state index < -0.39 is 18.6 Å². The molecule has 3 aliphatic rings. The number of piperazine rings is 1. The molecule has 0 radical (unpaired) electrons. The van der Waals surface area contributed by atoms with Gasteiger partial charge in [-0.15, -0.1) is 0 Å². The molecule has 5 heterocycles. The number of rotatable bonds is 8. The Labute approximate surface area is 249 Å². The fraction of sp³-hybridized carbons (Fsp3) is 0.467. The minimum atomic E-state index is -3.02. The van der Waals surface area contributed by atoms with Gasteiger partial charge in [-0.25, -0.2) is 23.6 Å². The number of halogens is 2. The molecule has 3 aromatic rings. The molecule has 0 amide bonds. The molecule has 2 aromatic heterocycles. The number of benzene rings is 1. The van der Waals surface area contributed by atoms with Crippen LogP contribution in [-0.2, 0) is 4.74 Å². The average Bonchev–Trinajstić information content (AvgIpc) is 2.98. The summed E-state index contributed by atoms with van der Waals surface area (Å²) < 4.78 is 45.4. The molecule has 3 aliphatic heterocycles. The number of methoxy groups -OCH3 is 1. The van der Waals surface area contributed by atoms with Crippen LogP contribution in [0.25, 0.3) is 16.1 Å². The van der Waals surface area contributed by atoms with Gasteiger partial charge in [-0.05, 0) is 54.9 Å². The predicted molar refractivity (Wildman–Crippen MR) is 158 cm³/mol. The van der Waals surface area contributed by atoms with Crippen molar-refractivity contribution in [2.45, 2.75) is 31.4 Å². The largest absolute Gasteiger partial charge is 0.495 e. The number of ether oxygens (including phenoxy) is 3. The first-order valence-corrected chi connectivity index (χ1v) is 14.3. The van der Waals surface area contributed by atoms with Gasteiger partial charge in [0.2, 0.25) is 17.5 Å². The molecule has 1 unspecified atom stereocenters. The van der Waals surface area contributed by atoms with Gasteiger partial charge in [0.25, 0.3) is 5.92 Å². The molecule has 1 atom stereocenters. The van der Waals surface area contributed by atoms with Crippen LogP contribution in [0, 0.1) is 13.5 Å². The minimum Gasteiger partial charge on any atom is -0.495 e. The van der Waals surface area contributed by atoms with Crippen molar-refractivity contribution in [3.05, 3.63) is 53.5 Å². The fourth-order valence-electron chi connectivity index (χ4n) is 5.58. The lowest BCUT2D eigenvalue weighted by molar-refractivity contribution is -0.108. The van der Waals surface area contributed by atoms with E-state index in [4.69, 9.17) is 20.8 Å². The second-order valence-electron chi connectivity index (χ2n) is 10.9. The molecule has 13 heteroatoms. The molecule has 226 valence electrons. The molecule has 0 bridgehead atoms. The third kappa shape index (κ3) is 6.17. The molecule has 1 aromatic carbocycles. The Morgan fingerprint density at radius 2 is 1.95 bits per heavy atom. The number of pyridine rings is 1. The first kappa shape index (κ1) is 29.0. The lowest BCUT2D eigenvalue weighted by Crippen LogP contribution is -2.56. The van der Waals surface area contributed by atoms with Crippen LogP contribution < -0.4 is 25.0 Å². The quantitative estimate of drug-likeness (QED) is 0.373. The van der Waals surface area contributed by atoms with Crippen LogP contribution in [0.4, 0.5) is 31.9 Å². The van der Waals surface area contributed by atoms with Gasteiger partial charge in [-0.2, -0.15) is 4.98 Å². The maximum Gasteiger partial charge on any atom is 0.296 e. The summed E-state index contributed by atoms with van der Waals surface area (Å²) in [7, 11) is 1.60. The van der Waals surface area contributed by atoms with E-state index in [2.05, 4.69) is 40.2 Å². The Hall–Kier alpha value is -4.12. The maximum atomic E-state index is 14.4. The maximum absolute atomic E-state index is 14.4. The molecule has 0 aliphatic carbocycles. The third-order valence-electron chi connectivity index (χ3n) is 8.11. The summed E-state index contributed by atoms with van der Waals surface area (Å²) in [6, 6.07) is 9.36. The van der Waals surface area contributed by atoms with E-state index in [1.54, 1.807) is 31.5 Å². The van der Waals surface area contributed by atoms with Gasteiger partial charge in [-0.3, -0.25) is 4.90 Å². The zero-order chi connectivity index (χ0) is 30.0. The molecule has 0 spiro atoms. The van der Waals surface area contributed by atoms with E-state index in [0.29, 0.717) is 41.5 Å². The summed E-state index contributed by atoms with van der Waals surface area (Å²) in [6.07, 6.45) is 0.468. The SMILES string of the molecule is [C-]#[N+]c1cc(-c2ccnc(Nc3ccc(N4CCN(C5COC5)CC4)c(OC)n3)n2)c(C)cc1OC1CCNCC1(F)F. The minimum absolute atomic E-state index is 0.144. The van der Waals surface area contributed by atoms with Crippen LogP contribution in [0.1, 0.15) is 12.0 Å². The summed E-state index contributed by atoms with van der Waals surface area (Å²) >= 11 is 0. The van der Waals surface area contributed by atoms with Crippen LogP contribution in [0.15, 0.2) is 36.5 Å². The Morgan fingerprint density at radius 1 is 1.14 bits per heavy atom. The van der Waals surface area contributed by atoms with Crippen LogP contribution in [-0.4, -0.2) is 97.5 Å². The molecule has 0 saturated carbocycles. The fourth-order valence-corrected chi connectivity index (χ4v) is 5.58. The van der Waals surface area contributed by atoms with Crippen LogP contribution in [0.3, 0.4) is 0 Å². The van der Waals surface area contributed by atoms with E-state index in [0.717, 1.165) is 50.6 Å². The first-order valence-electron chi connectivity index (χ1n) is 14.3. The molecular formula is C30H34F2N8O3. The monoisotopic (exact) mass is 592 g/mol. The van der Waals surface area contributed by atoms with Crippen molar-refractivity contribution in [3.63, 3.8) is 0 Å². The highest BCUT2D eigenvalue weighted by atomic mass is 19.3. The lowest BCUT2D eigenvalue weighted by atomic mass is 10.0. The summed E-state index contributed by atoms with van der Waals surface area (Å²) in [6.45, 7) is 14.8. The highest BCUT2D eigenvalue weighted by Crippen LogP contribution is 2.38. The predicted octanol–water partition coefficient (Wildman–Crippen LogP) is 4.05. The van der Waals surface area contributed by atoms with Gasteiger partial charge in [0.15, 0.2) is 6.10 Å². The van der Waals surface area contributed by atoms with E-state index >= 15 is 0 Å². The Morgan fingerprint density at radius 3 is 2.65 bits per heavy atom. The molecule has 2 N–H and O–H groups in total. The van der Waals surface area contributed by atoms with Crippen LogP contribution in [0.2, 0.25) is 0 Å². The first-order chi connectivity index (χ1) is 20.8. The molecule has 11 nitrogen and oxygen atoms in total.